The number of hydrogen-bond acceptors (Lipinski definition) is 5. The number of ether oxygens (including phenoxy) is 2. The van der Waals surface area contributed by atoms with Crippen molar-refractivity contribution in [3.05, 3.63) is 87.4 Å². The third kappa shape index (κ3) is 6.03. The molecule has 0 aliphatic rings. The third-order valence-corrected chi connectivity index (χ3v) is 5.61. The van der Waals surface area contributed by atoms with Gasteiger partial charge in [-0.3, -0.25) is 4.79 Å². The third-order valence-electron chi connectivity index (χ3n) is 5.12. The Kier molecular flexibility index (Phi) is 9.22. The van der Waals surface area contributed by atoms with Gasteiger partial charge in [0.25, 0.3) is 5.56 Å². The largest absolute Gasteiger partial charge is 0.490 e. The second-order valence-corrected chi connectivity index (χ2v) is 8.60. The Morgan fingerprint density at radius 3 is 2.68 bits per heavy atom. The quantitative estimate of drug-likeness (QED) is 0.213. The van der Waals surface area contributed by atoms with Gasteiger partial charge in [-0.2, -0.15) is 9.78 Å². The highest BCUT2D eigenvalue weighted by atomic mass is 79.9. The summed E-state index contributed by atoms with van der Waals surface area (Å²) in [5, 5.41) is 5.08. The van der Waals surface area contributed by atoms with Crippen LogP contribution in [0.3, 0.4) is 0 Å². The minimum absolute atomic E-state index is 0.198. The van der Waals surface area contributed by atoms with Crippen LogP contribution in [0.2, 0.25) is 0 Å². The first-order chi connectivity index (χ1) is 16.5. The van der Waals surface area contributed by atoms with Crippen LogP contribution >= 0.6 is 15.9 Å². The minimum atomic E-state index is -0.198. The van der Waals surface area contributed by atoms with E-state index >= 15 is 0 Å². The molecule has 0 N–H and O–H groups in total. The second kappa shape index (κ2) is 12.3. The second-order valence-electron chi connectivity index (χ2n) is 7.69. The predicted molar refractivity (Wildman–Crippen MR) is 143 cm³/mol. The summed E-state index contributed by atoms with van der Waals surface area (Å²) in [5.74, 6) is 1.92. The van der Waals surface area contributed by atoms with E-state index in [0.717, 1.165) is 28.4 Å². The summed E-state index contributed by atoms with van der Waals surface area (Å²) in [6.45, 7) is 12.5. The Bertz CT molecular complexity index is 1260. The lowest BCUT2D eigenvalue weighted by atomic mass is 10.1. The van der Waals surface area contributed by atoms with Gasteiger partial charge in [-0.15, -0.1) is 6.58 Å². The molecular formula is C27H30BrN3O3. The maximum Gasteiger partial charge on any atom is 0.282 e. The van der Waals surface area contributed by atoms with Crippen molar-refractivity contribution in [1.82, 2.24) is 9.66 Å². The van der Waals surface area contributed by atoms with E-state index in [4.69, 9.17) is 14.5 Å². The molecule has 0 amide bonds. The molecule has 1 heterocycles. The topological polar surface area (TPSA) is 65.7 Å². The van der Waals surface area contributed by atoms with Crippen LogP contribution in [0.25, 0.3) is 10.9 Å². The van der Waals surface area contributed by atoms with Gasteiger partial charge in [0.15, 0.2) is 11.5 Å². The number of hydrogen-bond donors (Lipinski definition) is 0. The van der Waals surface area contributed by atoms with Gasteiger partial charge in [0.05, 0.1) is 23.7 Å². The van der Waals surface area contributed by atoms with Gasteiger partial charge in [-0.1, -0.05) is 48.0 Å². The number of benzene rings is 2. The number of aryl methyl sites for hydroxylation is 1. The van der Waals surface area contributed by atoms with Gasteiger partial charge in [-0.25, -0.2) is 4.98 Å². The molecule has 178 valence electrons. The van der Waals surface area contributed by atoms with E-state index < -0.39 is 0 Å². The van der Waals surface area contributed by atoms with E-state index in [1.54, 1.807) is 18.4 Å². The Balaban J connectivity index is 2.12. The van der Waals surface area contributed by atoms with Crippen molar-refractivity contribution in [2.24, 2.45) is 5.10 Å². The molecule has 0 fully saturated rings. The van der Waals surface area contributed by atoms with Gasteiger partial charge in [0.2, 0.25) is 0 Å². The van der Waals surface area contributed by atoms with Crippen LogP contribution < -0.4 is 15.0 Å². The smallest absolute Gasteiger partial charge is 0.282 e. The van der Waals surface area contributed by atoms with Crippen molar-refractivity contribution in [2.75, 3.05) is 13.2 Å². The van der Waals surface area contributed by atoms with Crippen molar-refractivity contribution in [1.29, 1.82) is 0 Å². The van der Waals surface area contributed by atoms with Crippen molar-refractivity contribution in [3.8, 4) is 11.5 Å². The van der Waals surface area contributed by atoms with E-state index in [-0.39, 0.29) is 5.56 Å². The number of aromatic nitrogens is 2. The number of fused-ring (bicyclic) bond motifs is 1. The number of allylic oxidation sites excluding steroid dienone is 1. The van der Waals surface area contributed by atoms with E-state index in [0.29, 0.717) is 54.3 Å². The Morgan fingerprint density at radius 1 is 1.15 bits per heavy atom. The highest BCUT2D eigenvalue weighted by molar-refractivity contribution is 9.10. The van der Waals surface area contributed by atoms with Gasteiger partial charge in [-0.05, 0) is 55.7 Å². The maximum atomic E-state index is 13.3. The molecule has 3 rings (SSSR count). The van der Waals surface area contributed by atoms with E-state index in [1.165, 1.54) is 4.68 Å². The summed E-state index contributed by atoms with van der Waals surface area (Å²) in [7, 11) is 0. The highest BCUT2D eigenvalue weighted by Crippen LogP contribution is 2.33. The molecule has 0 saturated heterocycles. The Morgan fingerprint density at radius 2 is 1.97 bits per heavy atom. The summed E-state index contributed by atoms with van der Waals surface area (Å²) in [4.78, 5) is 18.0. The molecule has 0 spiro atoms. The van der Waals surface area contributed by atoms with Gasteiger partial charge in [0, 0.05) is 16.5 Å². The molecule has 0 radical (unpaired) electrons. The van der Waals surface area contributed by atoms with Crippen LogP contribution in [0.1, 0.15) is 43.6 Å². The molecule has 0 saturated carbocycles. The summed E-state index contributed by atoms with van der Waals surface area (Å²) in [5.41, 5.74) is 2.18. The fraction of sp³-hybridized carbons (Fsp3) is 0.296. The maximum absolute atomic E-state index is 13.3. The van der Waals surface area contributed by atoms with Crippen molar-refractivity contribution >= 4 is 33.0 Å². The monoisotopic (exact) mass is 523 g/mol. The van der Waals surface area contributed by atoms with Crippen LogP contribution in [0.4, 0.5) is 0 Å². The van der Waals surface area contributed by atoms with Crippen molar-refractivity contribution in [3.63, 3.8) is 0 Å². The number of halogens is 1. The predicted octanol–water partition coefficient (Wildman–Crippen LogP) is 6.08. The zero-order valence-corrected chi connectivity index (χ0v) is 21.3. The molecular weight excluding hydrogens is 494 g/mol. The molecule has 0 bridgehead atoms. The summed E-state index contributed by atoms with van der Waals surface area (Å²) in [6.07, 6.45) is 8.33. The molecule has 7 heteroatoms. The lowest BCUT2D eigenvalue weighted by molar-refractivity contribution is 0.295. The first kappa shape index (κ1) is 25.4. The first-order valence-electron chi connectivity index (χ1n) is 11.4. The summed E-state index contributed by atoms with van der Waals surface area (Å²) >= 11 is 3.44. The first-order valence-corrected chi connectivity index (χ1v) is 12.2. The highest BCUT2D eigenvalue weighted by Gasteiger charge is 2.14. The molecule has 0 unspecified atom stereocenters. The molecule has 0 atom stereocenters. The minimum Gasteiger partial charge on any atom is -0.490 e. The molecule has 6 nitrogen and oxygen atoms in total. The average molecular weight is 524 g/mol. The van der Waals surface area contributed by atoms with Gasteiger partial charge >= 0.3 is 0 Å². The standard InChI is InChI=1S/C27H30BrN3O3/c1-5-9-11-25-30-23-13-12-21(28)17-22(23)27(32)31(25)29-18-19-15-20(10-6-2)26(34-14-7-3)24(16-19)33-8-4/h6-7,12-13,15-18H,2-3,5,8-11,14H2,1,4H3. The Labute approximate surface area is 208 Å². The zero-order valence-electron chi connectivity index (χ0n) is 19.7. The van der Waals surface area contributed by atoms with Crippen LogP contribution in [-0.2, 0) is 12.8 Å². The van der Waals surface area contributed by atoms with Gasteiger partial charge < -0.3 is 9.47 Å². The molecule has 34 heavy (non-hydrogen) atoms. The number of unbranched alkanes of at least 4 members (excludes halogenated alkanes) is 1. The fourth-order valence-corrected chi connectivity index (χ4v) is 3.93. The van der Waals surface area contributed by atoms with Crippen LogP contribution in [0.5, 0.6) is 11.5 Å². The summed E-state index contributed by atoms with van der Waals surface area (Å²) in [6, 6.07) is 9.34. The zero-order chi connectivity index (χ0) is 24.5. The fourth-order valence-electron chi connectivity index (χ4n) is 3.57. The van der Waals surface area contributed by atoms with E-state index in [9.17, 15) is 4.79 Å². The van der Waals surface area contributed by atoms with Crippen molar-refractivity contribution < 1.29 is 9.47 Å². The number of nitrogens with zero attached hydrogens (tertiary/aromatic N) is 3. The Hall–Kier alpha value is -3.19. The van der Waals surface area contributed by atoms with E-state index in [1.807, 2.05) is 37.3 Å². The van der Waals surface area contributed by atoms with E-state index in [2.05, 4.69) is 41.1 Å². The lowest BCUT2D eigenvalue weighted by Gasteiger charge is -2.16. The van der Waals surface area contributed by atoms with Crippen molar-refractivity contribution in [2.45, 2.75) is 39.5 Å². The molecule has 0 aliphatic carbocycles. The molecule has 1 aromatic heterocycles. The van der Waals surface area contributed by atoms with Crippen LogP contribution in [0.15, 0.2) is 70.0 Å². The molecule has 2 aromatic carbocycles. The lowest BCUT2D eigenvalue weighted by Crippen LogP contribution is -2.22. The van der Waals surface area contributed by atoms with Crippen LogP contribution in [-0.4, -0.2) is 29.1 Å². The number of rotatable bonds is 12. The van der Waals surface area contributed by atoms with Gasteiger partial charge in [0.1, 0.15) is 12.4 Å². The normalized spacial score (nSPS) is 11.1. The van der Waals surface area contributed by atoms with Crippen LogP contribution in [0, 0.1) is 0 Å². The SMILES string of the molecule is C=CCOc1c(CC=C)cc(C=Nn2c(CCCC)nc3ccc(Br)cc3c2=O)cc1OCC. The molecule has 0 aliphatic heterocycles. The average Bonchev–Trinajstić information content (AvgIpc) is 2.82. The molecule has 3 aromatic rings. The summed E-state index contributed by atoms with van der Waals surface area (Å²) < 4.78 is 13.9.